The smallest absolute Gasteiger partial charge is 0.138 e. The Morgan fingerprint density at radius 2 is 1.83 bits per heavy atom. The lowest BCUT2D eigenvalue weighted by molar-refractivity contribution is 0.287. The van der Waals surface area contributed by atoms with Gasteiger partial charge in [0.15, 0.2) is 0 Å². The molecule has 0 aliphatic carbocycles. The Morgan fingerprint density at radius 1 is 1.00 bits per heavy atom. The molecule has 6 nitrogen and oxygen atoms in total. The summed E-state index contributed by atoms with van der Waals surface area (Å²) >= 11 is 0. The third kappa shape index (κ3) is 4.92. The van der Waals surface area contributed by atoms with Gasteiger partial charge in [0.25, 0.3) is 0 Å². The summed E-state index contributed by atoms with van der Waals surface area (Å²) in [5, 5.41) is 8.33. The number of aryl methyl sites for hydroxylation is 1. The van der Waals surface area contributed by atoms with Crippen LogP contribution in [-0.2, 0) is 6.42 Å². The van der Waals surface area contributed by atoms with E-state index in [9.17, 15) is 4.39 Å². The Labute approximate surface area is 208 Å². The molecule has 5 rings (SSSR count). The number of rotatable bonds is 8. The van der Waals surface area contributed by atoms with Gasteiger partial charge < -0.3 is 15.2 Å². The van der Waals surface area contributed by atoms with Gasteiger partial charge >= 0.3 is 0 Å². The number of nitrogens with one attached hydrogen (secondary N) is 1. The summed E-state index contributed by atoms with van der Waals surface area (Å²) in [6.07, 6.45) is 2.34. The van der Waals surface area contributed by atoms with Crippen molar-refractivity contribution >= 4 is 10.9 Å². The number of H-pyrrole nitrogens is 1. The van der Waals surface area contributed by atoms with E-state index in [4.69, 9.17) is 20.2 Å². The first-order valence-corrected chi connectivity index (χ1v) is 11.7. The zero-order valence-corrected chi connectivity index (χ0v) is 20.2. The highest BCUT2D eigenvalue weighted by atomic mass is 19.1. The van der Waals surface area contributed by atoms with Gasteiger partial charge in [-0.25, -0.2) is 4.39 Å². The van der Waals surface area contributed by atoms with Crippen molar-refractivity contribution < 1.29 is 13.9 Å². The molecule has 0 radical (unpaired) electrons. The molecular formula is C29H27FN4O2. The number of aromatic amines is 1. The van der Waals surface area contributed by atoms with Crippen molar-refractivity contribution in [1.29, 1.82) is 0 Å². The predicted molar refractivity (Wildman–Crippen MR) is 140 cm³/mol. The van der Waals surface area contributed by atoms with Crippen LogP contribution in [0.1, 0.15) is 11.3 Å². The molecule has 2 heterocycles. The zero-order valence-electron chi connectivity index (χ0n) is 20.2. The van der Waals surface area contributed by atoms with Gasteiger partial charge in [-0.1, -0.05) is 36.4 Å². The molecule has 0 saturated carbocycles. The number of benzene rings is 3. The van der Waals surface area contributed by atoms with E-state index in [-0.39, 0.29) is 11.9 Å². The van der Waals surface area contributed by atoms with E-state index in [0.29, 0.717) is 35.8 Å². The van der Waals surface area contributed by atoms with Crippen molar-refractivity contribution in [2.24, 2.45) is 5.73 Å². The summed E-state index contributed by atoms with van der Waals surface area (Å²) < 4.78 is 25.8. The van der Waals surface area contributed by atoms with E-state index in [1.165, 1.54) is 12.1 Å². The average Bonchev–Trinajstić information content (AvgIpc) is 3.28. The Bertz CT molecular complexity index is 1500. The number of hydrogen-bond acceptors (Lipinski definition) is 5. The summed E-state index contributed by atoms with van der Waals surface area (Å²) in [7, 11) is 1.56. The van der Waals surface area contributed by atoms with Crippen LogP contribution in [0.15, 0.2) is 79.0 Å². The Hall–Kier alpha value is -4.23. The van der Waals surface area contributed by atoms with Crippen molar-refractivity contribution in [3.63, 3.8) is 0 Å². The molecule has 3 aromatic carbocycles. The van der Waals surface area contributed by atoms with Gasteiger partial charge in [-0.2, -0.15) is 5.10 Å². The molecule has 5 aromatic rings. The summed E-state index contributed by atoms with van der Waals surface area (Å²) in [5.41, 5.74) is 12.2. The minimum Gasteiger partial charge on any atom is -0.496 e. The molecular weight excluding hydrogens is 455 g/mol. The van der Waals surface area contributed by atoms with Gasteiger partial charge in [0.2, 0.25) is 0 Å². The van der Waals surface area contributed by atoms with E-state index in [2.05, 4.69) is 22.3 Å². The van der Waals surface area contributed by atoms with Gasteiger partial charge in [-0.15, -0.1) is 0 Å². The third-order valence-corrected chi connectivity index (χ3v) is 6.15. The molecule has 0 unspecified atom stereocenters. The highest BCUT2D eigenvalue weighted by molar-refractivity contribution is 5.91. The van der Waals surface area contributed by atoms with Crippen molar-refractivity contribution in [1.82, 2.24) is 15.2 Å². The average molecular weight is 483 g/mol. The highest BCUT2D eigenvalue weighted by Crippen LogP contribution is 2.39. The molecule has 0 spiro atoms. The molecule has 0 aliphatic heterocycles. The summed E-state index contributed by atoms with van der Waals surface area (Å²) in [4.78, 5) is 4.69. The SMILES string of the molecule is COc1ccc(F)cc1-c1ncc(OC[C@@H](N)Cc2ccccc2)cc1-c1ccc2[nH]nc(C)c2c1. The third-order valence-electron chi connectivity index (χ3n) is 6.15. The second kappa shape index (κ2) is 10.2. The first-order chi connectivity index (χ1) is 17.5. The largest absolute Gasteiger partial charge is 0.496 e. The van der Waals surface area contributed by atoms with Gasteiger partial charge in [0, 0.05) is 22.6 Å². The van der Waals surface area contributed by atoms with Crippen molar-refractivity contribution in [3.05, 3.63) is 96.1 Å². The molecule has 7 heteroatoms. The first-order valence-electron chi connectivity index (χ1n) is 11.7. The van der Waals surface area contributed by atoms with Gasteiger partial charge in [-0.05, 0) is 60.9 Å². The van der Waals surface area contributed by atoms with Crippen molar-refractivity contribution in [2.45, 2.75) is 19.4 Å². The van der Waals surface area contributed by atoms with Crippen LogP contribution in [-0.4, -0.2) is 34.9 Å². The zero-order chi connectivity index (χ0) is 25.1. The second-order valence-electron chi connectivity index (χ2n) is 8.74. The number of hydrogen-bond donors (Lipinski definition) is 2. The minimum atomic E-state index is -0.369. The van der Waals surface area contributed by atoms with Crippen LogP contribution in [0.25, 0.3) is 33.3 Å². The molecule has 0 aliphatic rings. The molecule has 3 N–H and O–H groups in total. The van der Waals surface area contributed by atoms with E-state index in [1.54, 1.807) is 19.4 Å². The first kappa shape index (κ1) is 23.5. The fourth-order valence-corrected chi connectivity index (χ4v) is 4.32. The number of nitrogens with zero attached hydrogens (tertiary/aromatic N) is 2. The molecule has 0 bridgehead atoms. The summed E-state index contributed by atoms with van der Waals surface area (Å²) in [6.45, 7) is 2.28. The maximum Gasteiger partial charge on any atom is 0.138 e. The lowest BCUT2D eigenvalue weighted by Crippen LogP contribution is -2.30. The van der Waals surface area contributed by atoms with Crippen LogP contribution in [0.5, 0.6) is 11.5 Å². The fraction of sp³-hybridized carbons (Fsp3) is 0.172. The second-order valence-corrected chi connectivity index (χ2v) is 8.74. The number of methoxy groups -OCH3 is 1. The van der Waals surface area contributed by atoms with Crippen LogP contribution in [0, 0.1) is 12.7 Å². The standard InChI is InChI=1S/C29H27FN4O2/c1-18-24-13-20(8-10-27(24)34-33-18)25-15-23(36-17-22(31)12-19-6-4-3-5-7-19)16-32-29(25)26-14-21(30)9-11-28(26)35-2/h3-11,13-16,22H,12,17,31H2,1-2H3,(H,33,34)/t22-/m0/s1. The Balaban J connectivity index is 1.52. The highest BCUT2D eigenvalue weighted by Gasteiger charge is 2.17. The van der Waals surface area contributed by atoms with Gasteiger partial charge in [0.1, 0.15) is 23.9 Å². The van der Waals surface area contributed by atoms with Crippen LogP contribution in [0.2, 0.25) is 0 Å². The van der Waals surface area contributed by atoms with Gasteiger partial charge in [0.05, 0.1) is 30.2 Å². The molecule has 36 heavy (non-hydrogen) atoms. The number of ether oxygens (including phenoxy) is 2. The monoisotopic (exact) mass is 482 g/mol. The van der Waals surface area contributed by atoms with E-state index in [0.717, 1.165) is 33.3 Å². The van der Waals surface area contributed by atoms with Crippen LogP contribution >= 0.6 is 0 Å². The molecule has 2 aromatic heterocycles. The van der Waals surface area contributed by atoms with Crippen LogP contribution in [0.3, 0.4) is 0 Å². The number of nitrogens with two attached hydrogens (primary N) is 1. The predicted octanol–water partition coefficient (Wildman–Crippen LogP) is 5.70. The number of fused-ring (bicyclic) bond motifs is 1. The van der Waals surface area contributed by atoms with E-state index >= 15 is 0 Å². The van der Waals surface area contributed by atoms with Crippen molar-refractivity contribution in [2.75, 3.05) is 13.7 Å². The Kier molecular flexibility index (Phi) is 6.64. The Morgan fingerprint density at radius 3 is 2.64 bits per heavy atom. The molecule has 0 amide bonds. The molecule has 182 valence electrons. The lowest BCUT2D eigenvalue weighted by Gasteiger charge is -2.17. The van der Waals surface area contributed by atoms with E-state index < -0.39 is 0 Å². The molecule has 0 saturated heterocycles. The van der Waals surface area contributed by atoms with Crippen molar-refractivity contribution in [3.8, 4) is 33.9 Å². The number of pyridine rings is 1. The topological polar surface area (TPSA) is 86.0 Å². The number of halogens is 1. The lowest BCUT2D eigenvalue weighted by atomic mass is 9.97. The summed E-state index contributed by atoms with van der Waals surface area (Å²) in [5.74, 6) is 0.743. The normalized spacial score (nSPS) is 12.0. The van der Waals surface area contributed by atoms with Crippen LogP contribution in [0.4, 0.5) is 4.39 Å². The minimum absolute atomic E-state index is 0.177. The van der Waals surface area contributed by atoms with E-state index in [1.807, 2.05) is 49.4 Å². The maximum absolute atomic E-state index is 14.3. The quantitative estimate of drug-likeness (QED) is 0.296. The van der Waals surface area contributed by atoms with Gasteiger partial charge in [-0.3, -0.25) is 10.1 Å². The molecule has 0 fully saturated rings. The maximum atomic E-state index is 14.3. The fourth-order valence-electron chi connectivity index (χ4n) is 4.32. The number of aromatic nitrogens is 3. The van der Waals surface area contributed by atoms with Crippen LogP contribution < -0.4 is 15.2 Å². The molecule has 1 atom stereocenters. The summed E-state index contributed by atoms with van der Waals surface area (Å²) in [6, 6.07) is 22.2.